The molecule has 0 aliphatic rings. The normalized spacial score (nSPS) is 10.2. The summed E-state index contributed by atoms with van der Waals surface area (Å²) in [4.78, 5) is 27.9. The van der Waals surface area contributed by atoms with Gasteiger partial charge >= 0.3 is 0 Å². The van der Waals surface area contributed by atoms with Gasteiger partial charge in [0, 0.05) is 30.1 Å². The van der Waals surface area contributed by atoms with Gasteiger partial charge in [0.15, 0.2) is 11.5 Å². The molecule has 2 amide bonds. The molecule has 0 unspecified atom stereocenters. The summed E-state index contributed by atoms with van der Waals surface area (Å²) in [6.45, 7) is 0.381. The number of rotatable bonds is 9. The van der Waals surface area contributed by atoms with Crippen molar-refractivity contribution in [2.24, 2.45) is 0 Å². The highest BCUT2D eigenvalue weighted by Gasteiger charge is 2.12. The van der Waals surface area contributed by atoms with Crippen LogP contribution in [-0.4, -0.2) is 42.7 Å². The third kappa shape index (κ3) is 6.41. The largest absolute Gasteiger partial charge is 0.502 e. The molecule has 0 saturated carbocycles. The van der Waals surface area contributed by atoms with E-state index in [9.17, 15) is 14.7 Å². The van der Waals surface area contributed by atoms with Crippen molar-refractivity contribution in [3.8, 4) is 17.2 Å². The van der Waals surface area contributed by atoms with Crippen LogP contribution in [0.5, 0.6) is 17.2 Å². The number of nitrogens with one attached hydrogen (secondary N) is 2. The minimum Gasteiger partial charge on any atom is -0.502 e. The van der Waals surface area contributed by atoms with Gasteiger partial charge in [-0.05, 0) is 52.2 Å². The van der Waals surface area contributed by atoms with Crippen LogP contribution in [0.1, 0.15) is 18.4 Å². The number of phenolic OH excluding ortho intramolecular Hbond substituents is 1. The van der Waals surface area contributed by atoms with Crippen molar-refractivity contribution in [3.05, 3.63) is 40.5 Å². The topological polar surface area (TPSA) is 110 Å². The number of methoxy groups -OCH3 is 2. The predicted molar refractivity (Wildman–Crippen MR) is 108 cm³/mol. The fourth-order valence-corrected chi connectivity index (χ4v) is 2.64. The van der Waals surface area contributed by atoms with Crippen molar-refractivity contribution in [3.63, 3.8) is 0 Å². The maximum atomic E-state index is 11.9. The van der Waals surface area contributed by atoms with Crippen LogP contribution in [0, 0.1) is 0 Å². The average molecular weight is 452 g/mol. The van der Waals surface area contributed by atoms with Gasteiger partial charge in [-0.1, -0.05) is 0 Å². The van der Waals surface area contributed by atoms with E-state index < -0.39 is 0 Å². The van der Waals surface area contributed by atoms with E-state index in [1.807, 2.05) is 0 Å². The number of aromatic nitrogens is 1. The molecule has 3 N–H and O–H groups in total. The number of benzene rings is 1. The molecular formula is C19H22BrN3O5. The summed E-state index contributed by atoms with van der Waals surface area (Å²) in [6, 6.07) is 6.80. The minimum atomic E-state index is -0.280. The number of nitrogens with zero attached hydrogens (tertiary/aromatic N) is 1. The molecule has 0 fully saturated rings. The fraction of sp³-hybridized carbons (Fsp3) is 0.316. The number of aromatic hydroxyl groups is 1. The number of carbonyl (C=O) groups excluding carboxylic acids is 2. The maximum Gasteiger partial charge on any atom is 0.226 e. The third-order valence-electron chi connectivity index (χ3n) is 3.85. The molecule has 2 aromatic rings. The Kier molecular flexibility index (Phi) is 8.06. The van der Waals surface area contributed by atoms with Gasteiger partial charge in [-0.2, -0.15) is 0 Å². The van der Waals surface area contributed by atoms with Crippen molar-refractivity contribution in [1.82, 2.24) is 10.3 Å². The highest BCUT2D eigenvalue weighted by atomic mass is 79.9. The molecule has 0 aliphatic carbocycles. The summed E-state index contributed by atoms with van der Waals surface area (Å²) in [5.41, 5.74) is 0.839. The Morgan fingerprint density at radius 1 is 1.11 bits per heavy atom. The smallest absolute Gasteiger partial charge is 0.226 e. The van der Waals surface area contributed by atoms with Crippen molar-refractivity contribution in [2.45, 2.75) is 19.3 Å². The van der Waals surface area contributed by atoms with E-state index >= 15 is 0 Å². The molecule has 0 saturated heterocycles. The molecule has 2 rings (SSSR count). The van der Waals surface area contributed by atoms with Crippen LogP contribution in [0.25, 0.3) is 0 Å². The van der Waals surface area contributed by atoms with E-state index in [1.165, 1.54) is 14.2 Å². The van der Waals surface area contributed by atoms with E-state index in [-0.39, 0.29) is 30.4 Å². The first-order valence-corrected chi connectivity index (χ1v) is 9.34. The molecule has 1 aromatic heterocycles. The lowest BCUT2D eigenvalue weighted by molar-refractivity contribution is -0.124. The van der Waals surface area contributed by atoms with Crippen molar-refractivity contribution in [2.75, 3.05) is 26.1 Å². The highest BCUT2D eigenvalue weighted by Crippen LogP contribution is 2.37. The molecule has 0 bridgehead atoms. The van der Waals surface area contributed by atoms with Crippen LogP contribution in [0.4, 0.5) is 5.82 Å². The van der Waals surface area contributed by atoms with Gasteiger partial charge in [0.2, 0.25) is 17.6 Å². The summed E-state index contributed by atoms with van der Waals surface area (Å²) < 4.78 is 11.0. The van der Waals surface area contributed by atoms with Crippen LogP contribution >= 0.6 is 15.9 Å². The van der Waals surface area contributed by atoms with Crippen LogP contribution in [-0.2, 0) is 16.0 Å². The molecule has 0 aliphatic heterocycles. The number of pyridine rings is 1. The Morgan fingerprint density at radius 2 is 1.75 bits per heavy atom. The summed E-state index contributed by atoms with van der Waals surface area (Å²) >= 11 is 3.27. The second-order valence-corrected chi connectivity index (χ2v) is 6.77. The quantitative estimate of drug-likeness (QED) is 0.540. The lowest BCUT2D eigenvalue weighted by Crippen LogP contribution is -2.27. The molecule has 0 atom stereocenters. The van der Waals surface area contributed by atoms with E-state index in [1.54, 1.807) is 30.5 Å². The van der Waals surface area contributed by atoms with Crippen molar-refractivity contribution in [1.29, 1.82) is 0 Å². The molecule has 28 heavy (non-hydrogen) atoms. The van der Waals surface area contributed by atoms with Gasteiger partial charge < -0.3 is 25.2 Å². The molecule has 1 heterocycles. The summed E-state index contributed by atoms with van der Waals surface area (Å²) in [6.07, 6.45) is 2.23. The summed E-state index contributed by atoms with van der Waals surface area (Å²) in [5, 5.41) is 15.3. The lowest BCUT2D eigenvalue weighted by atomic mass is 10.1. The van der Waals surface area contributed by atoms with Gasteiger partial charge in [-0.25, -0.2) is 4.98 Å². The Morgan fingerprint density at radius 3 is 2.32 bits per heavy atom. The van der Waals surface area contributed by atoms with Gasteiger partial charge in [-0.15, -0.1) is 0 Å². The maximum absolute atomic E-state index is 11.9. The number of amides is 2. The van der Waals surface area contributed by atoms with Crippen LogP contribution in [0.2, 0.25) is 0 Å². The fourth-order valence-electron chi connectivity index (χ4n) is 2.41. The van der Waals surface area contributed by atoms with Crippen LogP contribution in [0.15, 0.2) is 34.9 Å². The number of hydrogen-bond donors (Lipinski definition) is 3. The van der Waals surface area contributed by atoms with E-state index in [2.05, 4.69) is 31.5 Å². The van der Waals surface area contributed by atoms with Gasteiger partial charge in [-0.3, -0.25) is 9.59 Å². The number of anilines is 1. The van der Waals surface area contributed by atoms with Crippen molar-refractivity contribution >= 4 is 33.6 Å². The molecule has 0 radical (unpaired) electrons. The standard InChI is InChI=1S/C19H22BrN3O5/c1-27-14-9-12(10-15(28-2)19(14)26)7-8-21-17(24)5-6-18(25)23-16-4-3-13(20)11-22-16/h3-4,9-11,26H,5-8H2,1-2H3,(H,21,24)(H,22,23,25). The van der Waals surface area contributed by atoms with Gasteiger partial charge in [0.1, 0.15) is 5.82 Å². The third-order valence-corrected chi connectivity index (χ3v) is 4.32. The van der Waals surface area contributed by atoms with Crippen molar-refractivity contribution < 1.29 is 24.2 Å². The van der Waals surface area contributed by atoms with E-state index in [0.29, 0.717) is 30.3 Å². The lowest BCUT2D eigenvalue weighted by Gasteiger charge is -2.11. The summed E-state index contributed by atoms with van der Waals surface area (Å²) in [7, 11) is 2.91. The molecule has 9 heteroatoms. The first kappa shape index (κ1) is 21.5. The Balaban J connectivity index is 1.75. The zero-order chi connectivity index (χ0) is 20.5. The second kappa shape index (κ2) is 10.5. The van der Waals surface area contributed by atoms with E-state index in [4.69, 9.17) is 9.47 Å². The Hall–Kier alpha value is -2.81. The monoisotopic (exact) mass is 451 g/mol. The number of halogens is 1. The highest BCUT2D eigenvalue weighted by molar-refractivity contribution is 9.10. The van der Waals surface area contributed by atoms with Gasteiger partial charge in [0.05, 0.1) is 14.2 Å². The molecule has 150 valence electrons. The zero-order valence-electron chi connectivity index (χ0n) is 15.6. The second-order valence-electron chi connectivity index (χ2n) is 5.86. The Labute approximate surface area is 171 Å². The summed E-state index contributed by atoms with van der Waals surface area (Å²) in [5.74, 6) is 0.472. The number of carbonyl (C=O) groups is 2. The number of hydrogen-bond acceptors (Lipinski definition) is 6. The average Bonchev–Trinajstić information content (AvgIpc) is 2.69. The molecule has 8 nitrogen and oxygen atoms in total. The van der Waals surface area contributed by atoms with Crippen LogP contribution in [0.3, 0.4) is 0 Å². The molecular weight excluding hydrogens is 430 g/mol. The predicted octanol–water partition coefficient (Wildman–Crippen LogP) is 2.64. The number of ether oxygens (including phenoxy) is 2. The minimum absolute atomic E-state index is 0.0600. The number of phenols is 1. The first-order valence-electron chi connectivity index (χ1n) is 8.55. The Bertz CT molecular complexity index is 802. The molecule has 0 spiro atoms. The van der Waals surface area contributed by atoms with E-state index in [0.717, 1.165) is 10.0 Å². The zero-order valence-corrected chi connectivity index (χ0v) is 17.2. The van der Waals surface area contributed by atoms with Crippen LogP contribution < -0.4 is 20.1 Å². The SMILES string of the molecule is COc1cc(CCNC(=O)CCC(=O)Nc2ccc(Br)cn2)cc(OC)c1O. The van der Waals surface area contributed by atoms with Gasteiger partial charge in [0.25, 0.3) is 0 Å². The molecule has 1 aromatic carbocycles. The first-order chi connectivity index (χ1) is 13.4.